The molecule has 1 aliphatic rings. The molecule has 0 N–H and O–H groups in total. The summed E-state index contributed by atoms with van der Waals surface area (Å²) in [6, 6.07) is 10.7. The van der Waals surface area contributed by atoms with Gasteiger partial charge in [0, 0.05) is 20.0 Å². The predicted molar refractivity (Wildman–Crippen MR) is 98.7 cm³/mol. The second-order valence-electron chi connectivity index (χ2n) is 6.13. The van der Waals surface area contributed by atoms with Gasteiger partial charge in [-0.3, -0.25) is 0 Å². The summed E-state index contributed by atoms with van der Waals surface area (Å²) in [5.41, 5.74) is 1.92. The van der Waals surface area contributed by atoms with Gasteiger partial charge < -0.3 is 14.2 Å². The molecule has 140 valence electrons. The second-order valence-corrected chi connectivity index (χ2v) is 8.18. The topological polar surface area (TPSA) is 65.1 Å². The van der Waals surface area contributed by atoms with Crippen molar-refractivity contribution in [1.82, 2.24) is 4.31 Å². The number of ether oxygens (including phenoxy) is 3. The van der Waals surface area contributed by atoms with Gasteiger partial charge in [0.05, 0.1) is 25.7 Å². The molecular weight excluding hydrogens is 354 g/mol. The van der Waals surface area contributed by atoms with E-state index < -0.39 is 10.0 Å². The van der Waals surface area contributed by atoms with E-state index in [0.29, 0.717) is 36.0 Å². The Kier molecular flexibility index (Phi) is 5.38. The molecule has 6 nitrogen and oxygen atoms in total. The minimum atomic E-state index is -3.54. The molecule has 1 heterocycles. The van der Waals surface area contributed by atoms with Crippen LogP contribution in [0.5, 0.6) is 17.2 Å². The van der Waals surface area contributed by atoms with Crippen molar-refractivity contribution in [2.45, 2.75) is 17.7 Å². The Labute approximate surface area is 154 Å². The number of nitrogens with zero attached hydrogens (tertiary/aromatic N) is 1. The molecule has 0 atom stereocenters. The SMILES string of the molecule is COc1ccc(CCN(C)S(=O)(=O)c2ccc3c(c2)CCO3)cc1OC. The Morgan fingerprint density at radius 2 is 1.85 bits per heavy atom. The molecule has 3 rings (SSSR count). The van der Waals surface area contributed by atoms with E-state index in [2.05, 4.69) is 0 Å². The van der Waals surface area contributed by atoms with E-state index in [9.17, 15) is 8.42 Å². The number of hydrogen-bond donors (Lipinski definition) is 0. The van der Waals surface area contributed by atoms with E-state index in [1.165, 1.54) is 4.31 Å². The maximum Gasteiger partial charge on any atom is 0.242 e. The van der Waals surface area contributed by atoms with Gasteiger partial charge in [-0.05, 0) is 47.9 Å². The number of methoxy groups -OCH3 is 2. The van der Waals surface area contributed by atoms with Crippen molar-refractivity contribution in [1.29, 1.82) is 0 Å². The third-order valence-electron chi connectivity index (χ3n) is 4.53. The Morgan fingerprint density at radius 3 is 2.58 bits per heavy atom. The van der Waals surface area contributed by atoms with Crippen molar-refractivity contribution in [2.24, 2.45) is 0 Å². The van der Waals surface area contributed by atoms with Gasteiger partial charge in [-0.1, -0.05) is 6.07 Å². The molecule has 1 aliphatic heterocycles. The van der Waals surface area contributed by atoms with Crippen molar-refractivity contribution in [3.63, 3.8) is 0 Å². The van der Waals surface area contributed by atoms with Gasteiger partial charge in [-0.25, -0.2) is 12.7 Å². The fourth-order valence-electron chi connectivity index (χ4n) is 2.95. The summed E-state index contributed by atoms with van der Waals surface area (Å²) in [7, 11) is 1.22. The highest BCUT2D eigenvalue weighted by molar-refractivity contribution is 7.89. The zero-order valence-electron chi connectivity index (χ0n) is 15.2. The summed E-state index contributed by atoms with van der Waals surface area (Å²) < 4.78 is 43.0. The van der Waals surface area contributed by atoms with E-state index in [1.54, 1.807) is 39.5 Å². The first-order valence-electron chi connectivity index (χ1n) is 8.38. The van der Waals surface area contributed by atoms with Gasteiger partial charge >= 0.3 is 0 Å². The summed E-state index contributed by atoms with van der Waals surface area (Å²) in [5.74, 6) is 2.06. The zero-order chi connectivity index (χ0) is 18.7. The quantitative estimate of drug-likeness (QED) is 0.742. The van der Waals surface area contributed by atoms with Crippen molar-refractivity contribution in [3.05, 3.63) is 47.5 Å². The van der Waals surface area contributed by atoms with Crippen LogP contribution in [0.25, 0.3) is 0 Å². The molecule has 0 saturated carbocycles. The van der Waals surface area contributed by atoms with Gasteiger partial charge in [0.2, 0.25) is 10.0 Å². The van der Waals surface area contributed by atoms with Crippen molar-refractivity contribution < 1.29 is 22.6 Å². The molecule has 2 aromatic rings. The molecule has 0 fully saturated rings. The summed E-state index contributed by atoms with van der Waals surface area (Å²) in [5, 5.41) is 0. The lowest BCUT2D eigenvalue weighted by atomic mass is 10.1. The zero-order valence-corrected chi connectivity index (χ0v) is 16.0. The molecule has 0 amide bonds. The van der Waals surface area contributed by atoms with Crippen LogP contribution in [-0.4, -0.2) is 47.1 Å². The van der Waals surface area contributed by atoms with Crippen LogP contribution in [0.4, 0.5) is 0 Å². The molecule has 0 bridgehead atoms. The van der Waals surface area contributed by atoms with Crippen LogP contribution in [0.3, 0.4) is 0 Å². The minimum absolute atomic E-state index is 0.302. The number of benzene rings is 2. The number of fused-ring (bicyclic) bond motifs is 1. The van der Waals surface area contributed by atoms with E-state index in [4.69, 9.17) is 14.2 Å². The molecule has 0 saturated heterocycles. The summed E-state index contributed by atoms with van der Waals surface area (Å²) in [6.07, 6.45) is 1.32. The average molecular weight is 377 g/mol. The third-order valence-corrected chi connectivity index (χ3v) is 6.39. The van der Waals surface area contributed by atoms with Crippen molar-refractivity contribution in [2.75, 3.05) is 34.4 Å². The average Bonchev–Trinajstić information content (AvgIpc) is 3.13. The maximum atomic E-state index is 12.8. The first kappa shape index (κ1) is 18.5. The standard InChI is InChI=1S/C19H23NO5S/c1-20(10-8-14-4-6-18(23-2)19(12-14)24-3)26(21,22)16-5-7-17-15(13-16)9-11-25-17/h4-7,12-13H,8-11H2,1-3H3. The first-order chi connectivity index (χ1) is 12.5. The summed E-state index contributed by atoms with van der Waals surface area (Å²) >= 11 is 0. The fourth-order valence-corrected chi connectivity index (χ4v) is 4.17. The summed E-state index contributed by atoms with van der Waals surface area (Å²) in [4.78, 5) is 0.302. The molecular formula is C19H23NO5S. The smallest absolute Gasteiger partial charge is 0.242 e. The van der Waals surface area contributed by atoms with E-state index in [0.717, 1.165) is 23.3 Å². The third kappa shape index (κ3) is 3.64. The molecule has 0 unspecified atom stereocenters. The second kappa shape index (κ2) is 7.55. The monoisotopic (exact) mass is 377 g/mol. The Balaban J connectivity index is 1.72. The van der Waals surface area contributed by atoms with Crippen LogP contribution in [0.15, 0.2) is 41.3 Å². The van der Waals surface area contributed by atoms with E-state index in [1.807, 2.05) is 18.2 Å². The largest absolute Gasteiger partial charge is 0.493 e. The summed E-state index contributed by atoms with van der Waals surface area (Å²) in [6.45, 7) is 0.972. The Hall–Kier alpha value is -2.25. The normalized spacial score (nSPS) is 13.4. The van der Waals surface area contributed by atoms with Crippen LogP contribution in [-0.2, 0) is 22.9 Å². The van der Waals surface area contributed by atoms with Crippen molar-refractivity contribution >= 4 is 10.0 Å². The lowest BCUT2D eigenvalue weighted by Crippen LogP contribution is -2.29. The highest BCUT2D eigenvalue weighted by atomic mass is 32.2. The number of sulfonamides is 1. The van der Waals surface area contributed by atoms with Crippen LogP contribution in [0, 0.1) is 0 Å². The molecule has 26 heavy (non-hydrogen) atoms. The van der Waals surface area contributed by atoms with Crippen LogP contribution in [0.2, 0.25) is 0 Å². The van der Waals surface area contributed by atoms with Gasteiger partial charge in [-0.15, -0.1) is 0 Å². The lowest BCUT2D eigenvalue weighted by Gasteiger charge is -2.18. The fraction of sp³-hybridized carbons (Fsp3) is 0.368. The molecule has 7 heteroatoms. The molecule has 0 aliphatic carbocycles. The number of rotatable bonds is 7. The van der Waals surface area contributed by atoms with Crippen molar-refractivity contribution in [3.8, 4) is 17.2 Å². The molecule has 0 aromatic heterocycles. The minimum Gasteiger partial charge on any atom is -0.493 e. The van der Waals surface area contributed by atoms with E-state index in [-0.39, 0.29) is 0 Å². The van der Waals surface area contributed by atoms with Crippen LogP contribution < -0.4 is 14.2 Å². The van der Waals surface area contributed by atoms with Gasteiger partial charge in [-0.2, -0.15) is 0 Å². The van der Waals surface area contributed by atoms with Crippen LogP contribution >= 0.6 is 0 Å². The first-order valence-corrected chi connectivity index (χ1v) is 9.82. The molecule has 0 radical (unpaired) electrons. The Morgan fingerprint density at radius 1 is 1.08 bits per heavy atom. The van der Waals surface area contributed by atoms with Crippen LogP contribution in [0.1, 0.15) is 11.1 Å². The number of likely N-dealkylation sites (N-methyl/N-ethyl adjacent to an activating group) is 1. The number of hydrogen-bond acceptors (Lipinski definition) is 5. The van der Waals surface area contributed by atoms with E-state index >= 15 is 0 Å². The van der Waals surface area contributed by atoms with Gasteiger partial charge in [0.15, 0.2) is 11.5 Å². The highest BCUT2D eigenvalue weighted by Gasteiger charge is 2.23. The van der Waals surface area contributed by atoms with Gasteiger partial charge in [0.25, 0.3) is 0 Å². The highest BCUT2D eigenvalue weighted by Crippen LogP contribution is 2.29. The molecule has 2 aromatic carbocycles. The lowest BCUT2D eigenvalue weighted by molar-refractivity contribution is 0.354. The van der Waals surface area contributed by atoms with Gasteiger partial charge in [0.1, 0.15) is 5.75 Å². The molecule has 0 spiro atoms. The maximum absolute atomic E-state index is 12.8. The Bertz CT molecular complexity index is 895. The predicted octanol–water partition coefficient (Wildman–Crippen LogP) is 2.50.